The van der Waals surface area contributed by atoms with Gasteiger partial charge in [-0.2, -0.15) is 4.80 Å². The van der Waals surface area contributed by atoms with Crippen LogP contribution in [0.2, 0.25) is 0 Å². The van der Waals surface area contributed by atoms with Gasteiger partial charge in [0.1, 0.15) is 0 Å². The zero-order chi connectivity index (χ0) is 14.2. The Kier molecular flexibility index (Phi) is 3.27. The molecule has 0 aliphatic heterocycles. The van der Waals surface area contributed by atoms with Gasteiger partial charge in [0.05, 0.1) is 18.5 Å². The van der Waals surface area contributed by atoms with Crippen molar-refractivity contribution < 1.29 is 8.42 Å². The zero-order valence-corrected chi connectivity index (χ0v) is 11.9. The summed E-state index contributed by atoms with van der Waals surface area (Å²) in [6.07, 6.45) is 3.08. The summed E-state index contributed by atoms with van der Waals surface area (Å²) in [5.41, 5.74) is 2.38. The lowest BCUT2D eigenvalue weighted by molar-refractivity contribution is 0.578. The van der Waals surface area contributed by atoms with E-state index in [-0.39, 0.29) is 6.54 Å². The number of sulfonamides is 1. The lowest BCUT2D eigenvalue weighted by Crippen LogP contribution is -2.24. The second-order valence-electron chi connectivity index (χ2n) is 4.80. The van der Waals surface area contributed by atoms with E-state index in [1.54, 1.807) is 19.2 Å². The zero-order valence-electron chi connectivity index (χ0n) is 11.1. The molecule has 0 saturated carbocycles. The van der Waals surface area contributed by atoms with Gasteiger partial charge in [0.2, 0.25) is 10.0 Å². The molecule has 1 aromatic carbocycles. The van der Waals surface area contributed by atoms with Crippen molar-refractivity contribution in [3.05, 3.63) is 35.2 Å². The molecule has 8 heteroatoms. The average Bonchev–Trinajstić information content (AvgIpc) is 3.04. The summed E-state index contributed by atoms with van der Waals surface area (Å²) in [5, 5.41) is 11.3. The van der Waals surface area contributed by atoms with E-state index in [4.69, 9.17) is 0 Å². The molecule has 0 bridgehead atoms. The molecule has 1 aliphatic rings. The molecule has 0 atom stereocenters. The quantitative estimate of drug-likeness (QED) is 0.868. The number of aryl methyl sites for hydroxylation is 3. The SMILES string of the molecule is Cn1nnc(CNS(=O)(=O)c2ccc3c(c2)CCC3)n1. The molecule has 0 unspecified atom stereocenters. The van der Waals surface area contributed by atoms with Crippen molar-refractivity contribution in [3.8, 4) is 0 Å². The summed E-state index contributed by atoms with van der Waals surface area (Å²) < 4.78 is 26.9. The summed E-state index contributed by atoms with van der Waals surface area (Å²) in [6.45, 7) is 0.0350. The van der Waals surface area contributed by atoms with Gasteiger partial charge in [-0.05, 0) is 47.7 Å². The first-order valence-corrected chi connectivity index (χ1v) is 7.87. The molecular weight excluding hydrogens is 278 g/mol. The molecule has 7 nitrogen and oxygen atoms in total. The van der Waals surface area contributed by atoms with E-state index >= 15 is 0 Å². The number of nitrogens with zero attached hydrogens (tertiary/aromatic N) is 4. The largest absolute Gasteiger partial charge is 0.240 e. The highest BCUT2D eigenvalue weighted by atomic mass is 32.2. The summed E-state index contributed by atoms with van der Waals surface area (Å²) in [6, 6.07) is 5.31. The molecule has 1 aliphatic carbocycles. The number of rotatable bonds is 4. The van der Waals surface area contributed by atoms with Gasteiger partial charge in [0.15, 0.2) is 5.82 Å². The number of hydrogen-bond donors (Lipinski definition) is 1. The van der Waals surface area contributed by atoms with Crippen LogP contribution in [0.25, 0.3) is 0 Å². The smallest absolute Gasteiger partial charge is 0.207 e. The first-order valence-electron chi connectivity index (χ1n) is 6.39. The number of fused-ring (bicyclic) bond motifs is 1. The molecule has 2 aromatic rings. The molecule has 3 rings (SSSR count). The van der Waals surface area contributed by atoms with Gasteiger partial charge in [0, 0.05) is 0 Å². The lowest BCUT2D eigenvalue weighted by Gasteiger charge is -2.07. The van der Waals surface area contributed by atoms with Crippen molar-refractivity contribution in [1.82, 2.24) is 24.9 Å². The maximum absolute atomic E-state index is 12.2. The van der Waals surface area contributed by atoms with E-state index in [9.17, 15) is 8.42 Å². The van der Waals surface area contributed by atoms with Crippen molar-refractivity contribution in [2.75, 3.05) is 0 Å². The third-order valence-electron chi connectivity index (χ3n) is 3.35. The summed E-state index contributed by atoms with van der Waals surface area (Å²) >= 11 is 0. The van der Waals surface area contributed by atoms with Crippen molar-refractivity contribution in [2.24, 2.45) is 7.05 Å². The second-order valence-corrected chi connectivity index (χ2v) is 6.57. The normalized spacial score (nSPS) is 14.4. The highest BCUT2D eigenvalue weighted by Gasteiger charge is 2.18. The van der Waals surface area contributed by atoms with Crippen LogP contribution in [0.3, 0.4) is 0 Å². The van der Waals surface area contributed by atoms with Crippen molar-refractivity contribution in [2.45, 2.75) is 30.7 Å². The van der Waals surface area contributed by atoms with Gasteiger partial charge in [0.25, 0.3) is 0 Å². The molecule has 0 spiro atoms. The van der Waals surface area contributed by atoms with E-state index in [2.05, 4.69) is 20.1 Å². The van der Waals surface area contributed by atoms with Gasteiger partial charge >= 0.3 is 0 Å². The molecule has 1 N–H and O–H groups in total. The van der Waals surface area contributed by atoms with Gasteiger partial charge < -0.3 is 0 Å². The average molecular weight is 293 g/mol. The van der Waals surface area contributed by atoms with Gasteiger partial charge in [-0.3, -0.25) is 0 Å². The Morgan fingerprint density at radius 1 is 1.30 bits per heavy atom. The van der Waals surface area contributed by atoms with E-state index < -0.39 is 10.0 Å². The summed E-state index contributed by atoms with van der Waals surface area (Å²) in [7, 11) is -1.91. The third-order valence-corrected chi connectivity index (χ3v) is 4.75. The standard InChI is InChI=1S/C12H15N5O2S/c1-17-15-12(14-16-17)8-13-20(18,19)11-6-5-9-3-2-4-10(9)7-11/h5-7,13H,2-4,8H2,1H3. The number of tetrazole rings is 1. The number of benzene rings is 1. The first kappa shape index (κ1) is 13.2. The van der Waals surface area contributed by atoms with Crippen LogP contribution in [0.1, 0.15) is 23.4 Å². The molecule has 0 fully saturated rings. The number of hydrogen-bond acceptors (Lipinski definition) is 5. The van der Waals surface area contributed by atoms with Crippen LogP contribution in [0.5, 0.6) is 0 Å². The molecule has 1 heterocycles. The lowest BCUT2D eigenvalue weighted by atomic mass is 10.1. The Balaban J connectivity index is 1.78. The number of nitrogens with one attached hydrogen (secondary N) is 1. The molecule has 0 saturated heterocycles. The third kappa shape index (κ3) is 2.56. The van der Waals surface area contributed by atoms with E-state index in [0.29, 0.717) is 10.7 Å². The number of aromatic nitrogens is 4. The van der Waals surface area contributed by atoms with Crippen LogP contribution >= 0.6 is 0 Å². The van der Waals surface area contributed by atoms with Crippen molar-refractivity contribution in [3.63, 3.8) is 0 Å². The molecule has 20 heavy (non-hydrogen) atoms. The van der Waals surface area contributed by atoms with Crippen LogP contribution < -0.4 is 4.72 Å². The van der Waals surface area contributed by atoms with Crippen LogP contribution in [-0.4, -0.2) is 28.6 Å². The highest BCUT2D eigenvalue weighted by molar-refractivity contribution is 7.89. The predicted molar refractivity (Wildman–Crippen MR) is 71.3 cm³/mol. The highest BCUT2D eigenvalue weighted by Crippen LogP contribution is 2.24. The predicted octanol–water partition coefficient (Wildman–Crippen LogP) is 0.177. The van der Waals surface area contributed by atoms with Crippen LogP contribution in [0.4, 0.5) is 0 Å². The maximum atomic E-state index is 12.2. The monoisotopic (exact) mass is 293 g/mol. The Labute approximate surface area is 117 Å². The minimum atomic E-state index is -3.54. The Bertz CT molecular complexity index is 738. The molecular formula is C12H15N5O2S. The van der Waals surface area contributed by atoms with Gasteiger partial charge in [-0.25, -0.2) is 13.1 Å². The van der Waals surface area contributed by atoms with Crippen molar-refractivity contribution in [1.29, 1.82) is 0 Å². The van der Waals surface area contributed by atoms with Crippen LogP contribution in [-0.2, 0) is 36.5 Å². The van der Waals surface area contributed by atoms with E-state index in [1.807, 2.05) is 6.07 Å². The van der Waals surface area contributed by atoms with Crippen LogP contribution in [0, 0.1) is 0 Å². The fourth-order valence-electron chi connectivity index (χ4n) is 2.35. The summed E-state index contributed by atoms with van der Waals surface area (Å²) in [5.74, 6) is 0.345. The van der Waals surface area contributed by atoms with Gasteiger partial charge in [-0.1, -0.05) is 6.07 Å². The maximum Gasteiger partial charge on any atom is 0.240 e. The Morgan fingerprint density at radius 3 is 2.85 bits per heavy atom. The Hall–Kier alpha value is -1.80. The van der Waals surface area contributed by atoms with E-state index in [0.717, 1.165) is 24.8 Å². The topological polar surface area (TPSA) is 89.8 Å². The molecule has 0 amide bonds. The minimum Gasteiger partial charge on any atom is -0.207 e. The second kappa shape index (κ2) is 4.95. The molecule has 1 aromatic heterocycles. The van der Waals surface area contributed by atoms with E-state index in [1.165, 1.54) is 10.4 Å². The van der Waals surface area contributed by atoms with Crippen LogP contribution in [0.15, 0.2) is 23.1 Å². The molecule has 0 radical (unpaired) electrons. The molecule has 106 valence electrons. The van der Waals surface area contributed by atoms with Gasteiger partial charge in [-0.15, -0.1) is 10.2 Å². The minimum absolute atomic E-state index is 0.0350. The fraction of sp³-hybridized carbons (Fsp3) is 0.417. The summed E-state index contributed by atoms with van der Waals surface area (Å²) in [4.78, 5) is 1.58. The Morgan fingerprint density at radius 2 is 2.10 bits per heavy atom. The first-order chi connectivity index (χ1) is 9.54. The fourth-order valence-corrected chi connectivity index (χ4v) is 3.38. The van der Waals surface area contributed by atoms with Crippen molar-refractivity contribution >= 4 is 10.0 Å².